The number of fused-ring (bicyclic) bond motifs is 6. The number of hydrogen-bond donors (Lipinski definition) is 0. The summed E-state index contributed by atoms with van der Waals surface area (Å²) in [6.45, 7) is 21.7. The van der Waals surface area contributed by atoms with Crippen molar-refractivity contribution in [3.05, 3.63) is 127 Å². The van der Waals surface area contributed by atoms with Crippen molar-refractivity contribution in [2.45, 2.75) is 52.4 Å². The van der Waals surface area contributed by atoms with Crippen LogP contribution in [-0.4, -0.2) is 14.1 Å². The monoisotopic (exact) mass is 573 g/mol. The summed E-state index contributed by atoms with van der Waals surface area (Å²) in [5.74, 6) is 0.898. The average molecular weight is 574 g/mol. The molecule has 4 aromatic carbocycles. The number of nitrogens with zero attached hydrogens (tertiary/aromatic N) is 3. The molecule has 0 aliphatic carbocycles. The van der Waals surface area contributed by atoms with Gasteiger partial charge in [-0.15, -0.1) is 0 Å². The molecule has 44 heavy (non-hydrogen) atoms. The molecule has 3 heterocycles. The molecule has 0 aliphatic rings. The maximum atomic E-state index is 4.97. The van der Waals surface area contributed by atoms with Gasteiger partial charge in [-0.3, -0.25) is 4.57 Å². The predicted molar refractivity (Wildman–Crippen MR) is 190 cm³/mol. The summed E-state index contributed by atoms with van der Waals surface area (Å²) in [5.41, 5.74) is 10.7. The van der Waals surface area contributed by atoms with E-state index >= 15 is 0 Å². The molecule has 3 heteroatoms. The van der Waals surface area contributed by atoms with Gasteiger partial charge in [0.15, 0.2) is 0 Å². The minimum atomic E-state index is 0.0515. The number of pyridine rings is 1. The molecule has 0 fully saturated rings. The minimum Gasteiger partial charge on any atom is -0.309 e. The Morgan fingerprint density at radius 3 is 1.41 bits per heavy atom. The third kappa shape index (κ3) is 4.38. The lowest BCUT2D eigenvalue weighted by molar-refractivity contribution is 0.590. The van der Waals surface area contributed by atoms with Crippen LogP contribution in [0.1, 0.15) is 63.8 Å². The summed E-state index contributed by atoms with van der Waals surface area (Å²) in [4.78, 5) is 4.97. The van der Waals surface area contributed by atoms with Gasteiger partial charge in [0.1, 0.15) is 5.82 Å². The Kier molecular flexibility index (Phi) is 6.23. The fourth-order valence-electron chi connectivity index (χ4n) is 6.46. The number of benzene rings is 4. The van der Waals surface area contributed by atoms with Crippen molar-refractivity contribution in [2.24, 2.45) is 0 Å². The first-order valence-corrected chi connectivity index (χ1v) is 15.4. The molecular weight excluding hydrogens is 534 g/mol. The molecule has 0 bridgehead atoms. The number of rotatable bonds is 4. The van der Waals surface area contributed by atoms with E-state index in [4.69, 9.17) is 4.98 Å². The van der Waals surface area contributed by atoms with Crippen molar-refractivity contribution in [1.82, 2.24) is 14.1 Å². The van der Waals surface area contributed by atoms with Crippen molar-refractivity contribution < 1.29 is 0 Å². The smallest absolute Gasteiger partial charge is 0.139 e. The second-order valence-corrected chi connectivity index (χ2v) is 14.0. The van der Waals surface area contributed by atoms with Gasteiger partial charge in [-0.2, -0.15) is 0 Å². The topological polar surface area (TPSA) is 22.8 Å². The van der Waals surface area contributed by atoms with E-state index in [1.807, 2.05) is 18.3 Å². The molecule has 3 nitrogen and oxygen atoms in total. The van der Waals surface area contributed by atoms with E-state index < -0.39 is 0 Å². The van der Waals surface area contributed by atoms with Crippen molar-refractivity contribution >= 4 is 55.8 Å². The molecule has 0 saturated heterocycles. The zero-order chi connectivity index (χ0) is 31.0. The van der Waals surface area contributed by atoms with E-state index in [1.54, 1.807) is 0 Å². The van der Waals surface area contributed by atoms with Crippen molar-refractivity contribution in [2.75, 3.05) is 0 Å². The van der Waals surface area contributed by atoms with Crippen LogP contribution < -0.4 is 0 Å². The lowest BCUT2D eigenvalue weighted by Gasteiger charge is -2.19. The summed E-state index contributed by atoms with van der Waals surface area (Å²) >= 11 is 0. The molecular formula is C41H39N3. The predicted octanol–water partition coefficient (Wildman–Crippen LogP) is 11.2. The zero-order valence-electron chi connectivity index (χ0n) is 26.6. The van der Waals surface area contributed by atoms with Gasteiger partial charge in [0.25, 0.3) is 0 Å². The Morgan fingerprint density at radius 1 is 0.523 bits per heavy atom. The van der Waals surface area contributed by atoms with Crippen molar-refractivity contribution in [3.8, 4) is 11.5 Å². The van der Waals surface area contributed by atoms with Gasteiger partial charge < -0.3 is 4.57 Å². The average Bonchev–Trinajstić information content (AvgIpc) is 3.51. The van der Waals surface area contributed by atoms with Crippen LogP contribution in [0.25, 0.3) is 67.3 Å². The largest absolute Gasteiger partial charge is 0.309 e. The van der Waals surface area contributed by atoms with E-state index in [2.05, 4.69) is 149 Å². The van der Waals surface area contributed by atoms with Gasteiger partial charge in [0.05, 0.1) is 27.8 Å². The minimum absolute atomic E-state index is 0.0515. The molecule has 0 atom stereocenters. The number of aromatic nitrogens is 3. The Hall–Kier alpha value is -4.89. The van der Waals surface area contributed by atoms with Crippen LogP contribution in [0.3, 0.4) is 0 Å². The van der Waals surface area contributed by atoms with E-state index in [-0.39, 0.29) is 10.8 Å². The van der Waals surface area contributed by atoms with Crippen LogP contribution in [0.5, 0.6) is 0 Å². The van der Waals surface area contributed by atoms with Crippen molar-refractivity contribution in [1.29, 1.82) is 0 Å². The summed E-state index contributed by atoms with van der Waals surface area (Å²) in [6, 6.07) is 31.3. The molecule has 0 saturated carbocycles. The highest BCUT2D eigenvalue weighted by Crippen LogP contribution is 2.38. The second-order valence-electron chi connectivity index (χ2n) is 14.0. The fourth-order valence-corrected chi connectivity index (χ4v) is 6.46. The Labute approximate surface area is 259 Å². The van der Waals surface area contributed by atoms with E-state index in [0.29, 0.717) is 0 Å². The summed E-state index contributed by atoms with van der Waals surface area (Å²) in [5, 5.41) is 4.91. The number of hydrogen-bond acceptors (Lipinski definition) is 1. The lowest BCUT2D eigenvalue weighted by atomic mass is 9.85. The summed E-state index contributed by atoms with van der Waals surface area (Å²) in [7, 11) is 0. The van der Waals surface area contributed by atoms with Gasteiger partial charge in [-0.1, -0.05) is 91.1 Å². The van der Waals surface area contributed by atoms with Crippen LogP contribution >= 0.6 is 0 Å². The normalized spacial score (nSPS) is 12.5. The molecule has 0 unspecified atom stereocenters. The zero-order valence-corrected chi connectivity index (χ0v) is 26.6. The highest BCUT2D eigenvalue weighted by atomic mass is 15.1. The summed E-state index contributed by atoms with van der Waals surface area (Å²) in [6.07, 6.45) is 5.75. The first kappa shape index (κ1) is 27.9. The first-order chi connectivity index (χ1) is 21.0. The third-order valence-corrected chi connectivity index (χ3v) is 9.00. The second kappa shape index (κ2) is 9.82. The van der Waals surface area contributed by atoms with Gasteiger partial charge in [-0.05, 0) is 87.7 Å². The van der Waals surface area contributed by atoms with Crippen LogP contribution in [0, 0.1) is 0 Å². The van der Waals surface area contributed by atoms with Gasteiger partial charge in [0, 0.05) is 33.8 Å². The third-order valence-electron chi connectivity index (χ3n) is 9.00. The molecule has 7 rings (SSSR count). The molecule has 7 aromatic rings. The molecule has 0 amide bonds. The van der Waals surface area contributed by atoms with Gasteiger partial charge in [-0.25, -0.2) is 4.98 Å². The molecule has 0 radical (unpaired) electrons. The maximum Gasteiger partial charge on any atom is 0.139 e. The van der Waals surface area contributed by atoms with Gasteiger partial charge >= 0.3 is 0 Å². The van der Waals surface area contributed by atoms with E-state index in [9.17, 15) is 0 Å². The van der Waals surface area contributed by atoms with Gasteiger partial charge in [0.2, 0.25) is 0 Å². The maximum absolute atomic E-state index is 4.97. The quantitative estimate of drug-likeness (QED) is 0.205. The first-order valence-electron chi connectivity index (χ1n) is 15.4. The van der Waals surface area contributed by atoms with Crippen LogP contribution in [0.2, 0.25) is 0 Å². The standard InChI is InChI=1S/C41H39N3/c1-9-26-11-15-35-31(21-26)32-22-27(10-2)12-16-36(32)43(35)30-19-20-42-39(25-30)44-37-17-13-28(40(3,4)5)23-33(37)34-24-29(41(6,7)8)14-18-38(34)44/h9-25H,1-2H2,3-8H3. The highest BCUT2D eigenvalue weighted by Gasteiger charge is 2.22. The van der Waals surface area contributed by atoms with E-state index in [0.717, 1.165) is 44.7 Å². The summed E-state index contributed by atoms with van der Waals surface area (Å²) < 4.78 is 4.67. The Bertz CT molecular complexity index is 2140. The lowest BCUT2D eigenvalue weighted by Crippen LogP contribution is -2.10. The van der Waals surface area contributed by atoms with Crippen LogP contribution in [0.15, 0.2) is 104 Å². The van der Waals surface area contributed by atoms with Crippen molar-refractivity contribution in [3.63, 3.8) is 0 Å². The Morgan fingerprint density at radius 2 is 0.955 bits per heavy atom. The molecule has 0 aliphatic heterocycles. The molecule has 0 spiro atoms. The van der Waals surface area contributed by atoms with Crippen LogP contribution in [0.4, 0.5) is 0 Å². The molecule has 0 N–H and O–H groups in total. The fraction of sp³-hybridized carbons (Fsp3) is 0.195. The molecule has 218 valence electrons. The SMILES string of the molecule is C=Cc1ccc2c(c1)c1cc(C=C)ccc1n2-c1ccnc(-n2c3ccc(C(C)(C)C)cc3c3cc(C(C)(C)C)ccc32)c1. The van der Waals surface area contributed by atoms with Crippen LogP contribution in [-0.2, 0) is 10.8 Å². The Balaban J connectivity index is 1.52. The molecule has 3 aromatic heterocycles. The highest BCUT2D eigenvalue weighted by molar-refractivity contribution is 6.11. The van der Waals surface area contributed by atoms with E-state index in [1.165, 1.54) is 32.7 Å².